The van der Waals surface area contributed by atoms with Gasteiger partial charge in [0.05, 0.1) is 30.2 Å². The van der Waals surface area contributed by atoms with Gasteiger partial charge in [-0.25, -0.2) is 0 Å². The second kappa shape index (κ2) is 5.98. The number of fused-ring (bicyclic) bond motifs is 3. The van der Waals surface area contributed by atoms with E-state index in [2.05, 4.69) is 27.2 Å². The molecule has 6 nitrogen and oxygen atoms in total. The molecule has 0 radical (unpaired) electrons. The van der Waals surface area contributed by atoms with Crippen molar-refractivity contribution in [1.29, 1.82) is 0 Å². The second-order valence-corrected chi connectivity index (χ2v) is 5.69. The van der Waals surface area contributed by atoms with Crippen molar-refractivity contribution < 1.29 is 9.47 Å². The third-order valence-electron chi connectivity index (χ3n) is 4.01. The molecule has 0 amide bonds. The molecule has 6 heteroatoms. The summed E-state index contributed by atoms with van der Waals surface area (Å²) in [6, 6.07) is 8.13. The van der Waals surface area contributed by atoms with E-state index in [1.807, 2.05) is 37.8 Å². The average molecular weight is 322 g/mol. The molecule has 3 aromatic heterocycles. The van der Waals surface area contributed by atoms with Crippen LogP contribution in [-0.4, -0.2) is 40.1 Å². The molecule has 0 saturated carbocycles. The van der Waals surface area contributed by atoms with Crippen LogP contribution in [0.15, 0.2) is 42.9 Å². The first-order valence-corrected chi connectivity index (χ1v) is 7.77. The second-order valence-electron chi connectivity index (χ2n) is 5.69. The molecule has 0 fully saturated rings. The molecule has 1 aromatic carbocycles. The number of H-pyrrole nitrogens is 1. The van der Waals surface area contributed by atoms with Gasteiger partial charge < -0.3 is 14.5 Å². The van der Waals surface area contributed by atoms with E-state index in [4.69, 9.17) is 9.47 Å². The van der Waals surface area contributed by atoms with Crippen molar-refractivity contribution in [2.75, 3.05) is 20.3 Å². The summed E-state index contributed by atoms with van der Waals surface area (Å²) in [6.07, 6.45) is 5.65. The zero-order valence-corrected chi connectivity index (χ0v) is 13.6. The molecular weight excluding hydrogens is 304 g/mol. The largest absolute Gasteiger partial charge is 0.491 e. The zero-order valence-electron chi connectivity index (χ0n) is 13.6. The summed E-state index contributed by atoms with van der Waals surface area (Å²) in [4.78, 5) is 7.93. The third-order valence-corrected chi connectivity index (χ3v) is 4.01. The molecule has 4 aromatic rings. The highest BCUT2D eigenvalue weighted by Gasteiger charge is 2.09. The number of nitrogens with one attached hydrogen (secondary N) is 1. The number of hydrogen-bond acceptors (Lipinski definition) is 4. The van der Waals surface area contributed by atoms with Crippen molar-refractivity contribution in [2.45, 2.75) is 0 Å². The highest BCUT2D eigenvalue weighted by atomic mass is 16.5. The fourth-order valence-corrected chi connectivity index (χ4v) is 2.82. The van der Waals surface area contributed by atoms with Crippen LogP contribution in [0.2, 0.25) is 0 Å². The number of ether oxygens (including phenoxy) is 2. The number of aromatic amines is 1. The van der Waals surface area contributed by atoms with Crippen molar-refractivity contribution in [2.24, 2.45) is 7.05 Å². The average Bonchev–Trinajstić information content (AvgIpc) is 3.18. The third kappa shape index (κ3) is 2.61. The minimum absolute atomic E-state index is 0.535. The van der Waals surface area contributed by atoms with Gasteiger partial charge in [0.15, 0.2) is 0 Å². The molecule has 0 aliphatic heterocycles. The Hall–Kier alpha value is -2.86. The number of hydrogen-bond donors (Lipinski definition) is 1. The summed E-state index contributed by atoms with van der Waals surface area (Å²) in [5.41, 5.74) is 3.98. The van der Waals surface area contributed by atoms with Gasteiger partial charge in [0.1, 0.15) is 12.4 Å². The highest BCUT2D eigenvalue weighted by molar-refractivity contribution is 6.08. The van der Waals surface area contributed by atoms with Crippen molar-refractivity contribution in [3.05, 3.63) is 42.9 Å². The van der Waals surface area contributed by atoms with E-state index in [-0.39, 0.29) is 0 Å². The van der Waals surface area contributed by atoms with E-state index in [1.54, 1.807) is 11.8 Å². The molecule has 0 aliphatic carbocycles. The minimum Gasteiger partial charge on any atom is -0.491 e. The Morgan fingerprint density at radius 1 is 1.08 bits per heavy atom. The molecule has 3 heterocycles. The molecule has 24 heavy (non-hydrogen) atoms. The summed E-state index contributed by atoms with van der Waals surface area (Å²) in [5.74, 6) is 0.834. The van der Waals surface area contributed by atoms with Gasteiger partial charge in [0.2, 0.25) is 0 Å². The van der Waals surface area contributed by atoms with Crippen molar-refractivity contribution in [1.82, 2.24) is 19.7 Å². The standard InChI is InChI=1S/C18H18N4O2/c1-22-11-12(9-20-22)17-8-15-14-7-13(24-6-5-23-2)3-4-16(14)21-18(15)10-19-17/h3-4,7-11,21H,5-6H2,1-2H3. The molecular formula is C18H18N4O2. The van der Waals surface area contributed by atoms with Gasteiger partial charge in [0.25, 0.3) is 0 Å². The smallest absolute Gasteiger partial charge is 0.120 e. The van der Waals surface area contributed by atoms with Gasteiger partial charge in [-0.3, -0.25) is 9.67 Å². The lowest BCUT2D eigenvalue weighted by Crippen LogP contribution is -2.03. The molecule has 4 rings (SSSR count). The molecule has 0 unspecified atom stereocenters. The Balaban J connectivity index is 1.78. The summed E-state index contributed by atoms with van der Waals surface area (Å²) in [7, 11) is 3.57. The Labute approximate surface area is 139 Å². The van der Waals surface area contributed by atoms with Crippen LogP contribution in [0.5, 0.6) is 5.75 Å². The fraction of sp³-hybridized carbons (Fsp3) is 0.222. The van der Waals surface area contributed by atoms with E-state index >= 15 is 0 Å². The van der Waals surface area contributed by atoms with E-state index in [1.165, 1.54) is 0 Å². The lowest BCUT2D eigenvalue weighted by Gasteiger charge is -2.05. The highest BCUT2D eigenvalue weighted by Crippen LogP contribution is 2.30. The van der Waals surface area contributed by atoms with Crippen LogP contribution >= 0.6 is 0 Å². The maximum atomic E-state index is 5.72. The Kier molecular flexibility index (Phi) is 3.66. The van der Waals surface area contributed by atoms with Crippen LogP contribution in [0, 0.1) is 0 Å². The van der Waals surface area contributed by atoms with Crippen LogP contribution in [0.1, 0.15) is 0 Å². The number of aromatic nitrogens is 4. The maximum absolute atomic E-state index is 5.72. The Morgan fingerprint density at radius 2 is 1.96 bits per heavy atom. The van der Waals surface area contributed by atoms with E-state index in [0.717, 1.165) is 38.8 Å². The lowest BCUT2D eigenvalue weighted by atomic mass is 10.1. The predicted octanol–water partition coefficient (Wildman–Crippen LogP) is 3.14. The van der Waals surface area contributed by atoms with Crippen molar-refractivity contribution in [3.63, 3.8) is 0 Å². The summed E-state index contributed by atoms with van der Waals surface area (Å²) < 4.78 is 12.5. The first-order chi connectivity index (χ1) is 11.7. The fourth-order valence-electron chi connectivity index (χ4n) is 2.82. The molecule has 0 atom stereocenters. The summed E-state index contributed by atoms with van der Waals surface area (Å²) >= 11 is 0. The Morgan fingerprint density at radius 3 is 2.75 bits per heavy atom. The van der Waals surface area contributed by atoms with Crippen molar-refractivity contribution in [3.8, 4) is 17.0 Å². The summed E-state index contributed by atoms with van der Waals surface area (Å²) in [5, 5.41) is 6.46. The van der Waals surface area contributed by atoms with Crippen molar-refractivity contribution >= 4 is 21.8 Å². The molecule has 0 saturated heterocycles. The topological polar surface area (TPSA) is 65.0 Å². The first-order valence-electron chi connectivity index (χ1n) is 7.77. The van der Waals surface area contributed by atoms with Crippen LogP contribution in [0.3, 0.4) is 0 Å². The van der Waals surface area contributed by atoms with Crippen LogP contribution in [0.25, 0.3) is 33.1 Å². The molecule has 0 bridgehead atoms. The van der Waals surface area contributed by atoms with Gasteiger partial charge in [0, 0.05) is 42.2 Å². The molecule has 122 valence electrons. The number of methoxy groups -OCH3 is 1. The maximum Gasteiger partial charge on any atom is 0.120 e. The Bertz CT molecular complexity index is 1000. The van der Waals surface area contributed by atoms with E-state index in [0.29, 0.717) is 13.2 Å². The van der Waals surface area contributed by atoms with Crippen LogP contribution in [-0.2, 0) is 11.8 Å². The van der Waals surface area contributed by atoms with Gasteiger partial charge in [-0.05, 0) is 24.3 Å². The quantitative estimate of drug-likeness (QED) is 0.573. The SMILES string of the molecule is COCCOc1ccc2[nH]c3cnc(-c4cnn(C)c4)cc3c2c1. The number of pyridine rings is 1. The number of aryl methyl sites for hydroxylation is 1. The molecule has 1 N–H and O–H groups in total. The monoisotopic (exact) mass is 322 g/mol. The van der Waals surface area contributed by atoms with Gasteiger partial charge in [-0.15, -0.1) is 0 Å². The number of rotatable bonds is 5. The number of nitrogens with zero attached hydrogens (tertiary/aromatic N) is 3. The van der Waals surface area contributed by atoms with E-state index < -0.39 is 0 Å². The molecule has 0 aliphatic rings. The minimum atomic E-state index is 0.535. The predicted molar refractivity (Wildman–Crippen MR) is 93.2 cm³/mol. The number of benzene rings is 1. The van der Waals surface area contributed by atoms with Gasteiger partial charge in [-0.2, -0.15) is 5.10 Å². The van der Waals surface area contributed by atoms with Crippen LogP contribution < -0.4 is 4.74 Å². The van der Waals surface area contributed by atoms with E-state index in [9.17, 15) is 0 Å². The normalized spacial score (nSPS) is 11.4. The summed E-state index contributed by atoms with van der Waals surface area (Å²) in [6.45, 7) is 1.11. The lowest BCUT2D eigenvalue weighted by molar-refractivity contribution is 0.146. The molecule has 0 spiro atoms. The van der Waals surface area contributed by atoms with Gasteiger partial charge >= 0.3 is 0 Å². The van der Waals surface area contributed by atoms with Crippen LogP contribution in [0.4, 0.5) is 0 Å². The van der Waals surface area contributed by atoms with Gasteiger partial charge in [-0.1, -0.05) is 0 Å². The first kappa shape index (κ1) is 14.7. The zero-order chi connectivity index (χ0) is 16.5.